The van der Waals surface area contributed by atoms with Crippen molar-refractivity contribution < 1.29 is 0 Å². The monoisotopic (exact) mass is 217 g/mol. The van der Waals surface area contributed by atoms with Gasteiger partial charge < -0.3 is 0 Å². The van der Waals surface area contributed by atoms with Crippen molar-refractivity contribution in [3.8, 4) is 0 Å². The van der Waals surface area contributed by atoms with Crippen molar-refractivity contribution in [2.75, 3.05) is 6.54 Å². The molecule has 0 N–H and O–H groups in total. The molecule has 0 atom stereocenters. The standard InChI is InChI=1S/C11H11N3S/c15-9-12-11-6-7-14(13-11)8-10-4-2-1-3-5-10/h1-5H,6-8H2. The Bertz CT molecular complexity index is 407. The van der Waals surface area contributed by atoms with E-state index in [2.05, 4.69) is 39.6 Å². The quantitative estimate of drug-likeness (QED) is 0.561. The van der Waals surface area contributed by atoms with Crippen molar-refractivity contribution >= 4 is 23.2 Å². The molecular weight excluding hydrogens is 206 g/mol. The van der Waals surface area contributed by atoms with Gasteiger partial charge in [0.15, 0.2) is 5.84 Å². The van der Waals surface area contributed by atoms with Gasteiger partial charge in [-0.05, 0) is 17.8 Å². The molecule has 1 aromatic carbocycles. The summed E-state index contributed by atoms with van der Waals surface area (Å²) in [5.41, 5.74) is 1.26. The average Bonchev–Trinajstić information content (AvgIpc) is 2.68. The van der Waals surface area contributed by atoms with E-state index in [0.29, 0.717) is 0 Å². The SMILES string of the molecule is S=C=NC1=NN(Cc2ccccc2)CC1. The first kappa shape index (κ1) is 10.0. The number of hydrogen-bond donors (Lipinski definition) is 0. The van der Waals surface area contributed by atoms with Crippen molar-refractivity contribution in [1.29, 1.82) is 0 Å². The molecule has 0 bridgehead atoms. The average molecular weight is 217 g/mol. The largest absolute Gasteiger partial charge is 0.290 e. The highest BCUT2D eigenvalue weighted by Crippen LogP contribution is 2.11. The fourth-order valence-electron chi connectivity index (χ4n) is 1.53. The van der Waals surface area contributed by atoms with Crippen LogP contribution in [0.1, 0.15) is 12.0 Å². The molecule has 0 unspecified atom stereocenters. The Balaban J connectivity index is 2.01. The number of nitrogens with zero attached hydrogens (tertiary/aromatic N) is 3. The van der Waals surface area contributed by atoms with Gasteiger partial charge in [0.2, 0.25) is 0 Å². The molecule has 0 saturated heterocycles. The first-order chi connectivity index (χ1) is 7.38. The summed E-state index contributed by atoms with van der Waals surface area (Å²) < 4.78 is 0. The van der Waals surface area contributed by atoms with Gasteiger partial charge in [-0.1, -0.05) is 30.3 Å². The summed E-state index contributed by atoms with van der Waals surface area (Å²) in [5.74, 6) is 0.779. The van der Waals surface area contributed by atoms with Gasteiger partial charge in [-0.2, -0.15) is 10.1 Å². The van der Waals surface area contributed by atoms with E-state index >= 15 is 0 Å². The van der Waals surface area contributed by atoms with E-state index in [1.807, 2.05) is 23.2 Å². The second kappa shape index (κ2) is 4.82. The number of rotatable bonds is 2. The second-order valence-corrected chi connectivity index (χ2v) is 3.53. The van der Waals surface area contributed by atoms with Crippen LogP contribution in [0.5, 0.6) is 0 Å². The van der Waals surface area contributed by atoms with Crippen LogP contribution < -0.4 is 0 Å². The normalized spacial score (nSPS) is 14.7. The van der Waals surface area contributed by atoms with Gasteiger partial charge in [0.25, 0.3) is 0 Å². The first-order valence-electron chi connectivity index (χ1n) is 4.83. The highest BCUT2D eigenvalue weighted by atomic mass is 32.1. The summed E-state index contributed by atoms with van der Waals surface area (Å²) in [6.07, 6.45) is 0.858. The topological polar surface area (TPSA) is 28.0 Å². The van der Waals surface area contributed by atoms with Gasteiger partial charge >= 0.3 is 0 Å². The molecule has 1 aromatic rings. The van der Waals surface area contributed by atoms with Crippen LogP contribution in [0.3, 0.4) is 0 Å². The Morgan fingerprint density at radius 3 is 2.93 bits per heavy atom. The predicted octanol–water partition coefficient (Wildman–Crippen LogP) is 2.31. The van der Waals surface area contributed by atoms with Crippen molar-refractivity contribution in [3.63, 3.8) is 0 Å². The number of isothiocyanates is 1. The number of hydrazone groups is 1. The van der Waals surface area contributed by atoms with Gasteiger partial charge in [-0.3, -0.25) is 5.01 Å². The van der Waals surface area contributed by atoms with Crippen LogP contribution in [0.25, 0.3) is 0 Å². The third-order valence-electron chi connectivity index (χ3n) is 2.23. The molecule has 3 nitrogen and oxygen atoms in total. The van der Waals surface area contributed by atoms with Gasteiger partial charge in [-0.15, -0.1) is 0 Å². The van der Waals surface area contributed by atoms with Crippen LogP contribution in [0, 0.1) is 0 Å². The lowest BCUT2D eigenvalue weighted by Crippen LogP contribution is -2.12. The maximum atomic E-state index is 4.54. The van der Waals surface area contributed by atoms with Crippen molar-refractivity contribution in [2.45, 2.75) is 13.0 Å². The summed E-state index contributed by atoms with van der Waals surface area (Å²) in [5, 5.41) is 8.67. The fourth-order valence-corrected chi connectivity index (χ4v) is 1.64. The van der Waals surface area contributed by atoms with E-state index in [9.17, 15) is 0 Å². The smallest absolute Gasteiger partial charge is 0.161 e. The molecule has 0 saturated carbocycles. The zero-order chi connectivity index (χ0) is 10.5. The Hall–Kier alpha value is -1.51. The molecule has 4 heteroatoms. The van der Waals surface area contributed by atoms with Crippen molar-refractivity contribution in [2.24, 2.45) is 10.1 Å². The second-order valence-electron chi connectivity index (χ2n) is 3.34. The Labute approximate surface area is 94.1 Å². The highest BCUT2D eigenvalue weighted by molar-refractivity contribution is 7.78. The Kier molecular flexibility index (Phi) is 3.22. The lowest BCUT2D eigenvalue weighted by Gasteiger charge is -2.12. The van der Waals surface area contributed by atoms with Crippen molar-refractivity contribution in [1.82, 2.24) is 5.01 Å². The van der Waals surface area contributed by atoms with Crippen molar-refractivity contribution in [3.05, 3.63) is 35.9 Å². The van der Waals surface area contributed by atoms with Crippen LogP contribution in [-0.4, -0.2) is 22.6 Å². The minimum atomic E-state index is 0.779. The van der Waals surface area contributed by atoms with E-state index < -0.39 is 0 Å². The van der Waals surface area contributed by atoms with Crippen LogP contribution in [0.15, 0.2) is 40.4 Å². The van der Waals surface area contributed by atoms with Crippen LogP contribution >= 0.6 is 12.2 Å². The summed E-state index contributed by atoms with van der Waals surface area (Å²) in [6.45, 7) is 1.74. The molecule has 1 aliphatic rings. The van der Waals surface area contributed by atoms with E-state index in [1.165, 1.54) is 5.56 Å². The lowest BCUT2D eigenvalue weighted by molar-refractivity contribution is 0.310. The zero-order valence-corrected chi connectivity index (χ0v) is 9.07. The molecule has 0 spiro atoms. The molecule has 0 fully saturated rings. The number of hydrogen-bond acceptors (Lipinski definition) is 4. The molecule has 76 valence electrons. The molecule has 0 radical (unpaired) electrons. The lowest BCUT2D eigenvalue weighted by atomic mass is 10.2. The summed E-state index contributed by atoms with van der Waals surface area (Å²) in [4.78, 5) is 3.89. The molecule has 1 aliphatic heterocycles. The van der Waals surface area contributed by atoms with Gasteiger partial charge in [0.1, 0.15) is 0 Å². The molecule has 2 rings (SSSR count). The molecule has 0 aliphatic carbocycles. The van der Waals surface area contributed by atoms with Gasteiger partial charge in [-0.25, -0.2) is 0 Å². The Morgan fingerprint density at radius 2 is 2.20 bits per heavy atom. The maximum Gasteiger partial charge on any atom is 0.161 e. The van der Waals surface area contributed by atoms with Crippen LogP contribution in [0.4, 0.5) is 0 Å². The summed E-state index contributed by atoms with van der Waals surface area (Å²) >= 11 is 4.54. The summed E-state index contributed by atoms with van der Waals surface area (Å²) in [6, 6.07) is 10.3. The molecule has 15 heavy (non-hydrogen) atoms. The Morgan fingerprint density at radius 1 is 1.40 bits per heavy atom. The third-order valence-corrected chi connectivity index (χ3v) is 2.32. The van der Waals surface area contributed by atoms with E-state index in [4.69, 9.17) is 0 Å². The third kappa shape index (κ3) is 2.72. The highest BCUT2D eigenvalue weighted by Gasteiger charge is 2.13. The van der Waals surface area contributed by atoms with Gasteiger partial charge in [0, 0.05) is 13.0 Å². The number of thiocarbonyl (C=S) groups is 1. The first-order valence-corrected chi connectivity index (χ1v) is 5.23. The minimum Gasteiger partial charge on any atom is -0.290 e. The number of benzene rings is 1. The minimum absolute atomic E-state index is 0.779. The van der Waals surface area contributed by atoms with E-state index in [1.54, 1.807) is 0 Å². The van der Waals surface area contributed by atoms with Gasteiger partial charge in [0.05, 0.1) is 11.7 Å². The zero-order valence-electron chi connectivity index (χ0n) is 8.26. The van der Waals surface area contributed by atoms with Crippen LogP contribution in [-0.2, 0) is 6.54 Å². The maximum absolute atomic E-state index is 4.54. The predicted molar refractivity (Wildman–Crippen MR) is 63.9 cm³/mol. The number of amidine groups is 1. The summed E-state index contributed by atoms with van der Waals surface area (Å²) in [7, 11) is 0. The molecular formula is C11H11N3S. The van der Waals surface area contributed by atoms with E-state index in [0.717, 1.165) is 25.3 Å². The molecule has 0 aromatic heterocycles. The number of aliphatic imine (C=N–C) groups is 1. The molecule has 1 heterocycles. The van der Waals surface area contributed by atoms with Crippen LogP contribution in [0.2, 0.25) is 0 Å². The molecule has 0 amide bonds. The van der Waals surface area contributed by atoms with E-state index in [-0.39, 0.29) is 0 Å². The fraction of sp³-hybridized carbons (Fsp3) is 0.273.